The first-order chi connectivity index (χ1) is 9.51. The summed E-state index contributed by atoms with van der Waals surface area (Å²) < 4.78 is 0. The summed E-state index contributed by atoms with van der Waals surface area (Å²) in [6, 6.07) is -0.273. The number of aliphatic carboxylic acids is 1. The van der Waals surface area contributed by atoms with Gasteiger partial charge in [-0.05, 0) is 37.5 Å². The molecule has 2 atom stereocenters. The molecule has 1 heterocycles. The van der Waals surface area contributed by atoms with E-state index >= 15 is 0 Å². The van der Waals surface area contributed by atoms with Gasteiger partial charge in [0.15, 0.2) is 0 Å². The number of carboxylic acid groups (broad SMARTS) is 1. The molecule has 2 fully saturated rings. The molecule has 0 aromatic carbocycles. The van der Waals surface area contributed by atoms with E-state index in [1.54, 1.807) is 0 Å². The van der Waals surface area contributed by atoms with Gasteiger partial charge in [0, 0.05) is 19.1 Å². The van der Waals surface area contributed by atoms with Gasteiger partial charge < -0.3 is 15.3 Å². The summed E-state index contributed by atoms with van der Waals surface area (Å²) in [5, 5.41) is 12.1. The number of likely N-dealkylation sites (tertiary alicyclic amines) is 1. The molecule has 114 valence electrons. The summed E-state index contributed by atoms with van der Waals surface area (Å²) in [5.41, 5.74) is 0.263. The second-order valence-corrected chi connectivity index (χ2v) is 6.31. The Hall–Kier alpha value is -1.26. The Bertz CT molecular complexity index is 379. The Labute approximate surface area is 120 Å². The van der Waals surface area contributed by atoms with E-state index in [0.29, 0.717) is 6.42 Å². The van der Waals surface area contributed by atoms with Gasteiger partial charge in [-0.1, -0.05) is 20.3 Å². The zero-order valence-corrected chi connectivity index (χ0v) is 12.5. The van der Waals surface area contributed by atoms with Crippen LogP contribution >= 0.6 is 0 Å². The highest BCUT2D eigenvalue weighted by Gasteiger charge is 2.39. The predicted octanol–water partition coefficient (Wildman–Crippen LogP) is 2.46. The Morgan fingerprint density at radius 2 is 2.00 bits per heavy atom. The maximum absolute atomic E-state index is 12.3. The molecule has 0 aromatic heterocycles. The first-order valence-corrected chi connectivity index (χ1v) is 7.79. The Balaban J connectivity index is 1.91. The van der Waals surface area contributed by atoms with Crippen LogP contribution in [0.4, 0.5) is 4.79 Å². The Morgan fingerprint density at radius 1 is 1.30 bits per heavy atom. The van der Waals surface area contributed by atoms with Gasteiger partial charge in [-0.25, -0.2) is 4.79 Å². The van der Waals surface area contributed by atoms with Crippen LogP contribution in [0.25, 0.3) is 0 Å². The second kappa shape index (κ2) is 6.02. The topological polar surface area (TPSA) is 69.6 Å². The van der Waals surface area contributed by atoms with Crippen LogP contribution in [0.1, 0.15) is 52.4 Å². The van der Waals surface area contributed by atoms with E-state index < -0.39 is 11.9 Å². The maximum Gasteiger partial charge on any atom is 0.317 e. The van der Waals surface area contributed by atoms with E-state index in [0.717, 1.165) is 45.2 Å². The summed E-state index contributed by atoms with van der Waals surface area (Å²) in [7, 11) is 0. The minimum atomic E-state index is -0.786. The molecule has 2 unspecified atom stereocenters. The smallest absolute Gasteiger partial charge is 0.317 e. The molecule has 0 radical (unpaired) electrons. The lowest BCUT2D eigenvalue weighted by molar-refractivity contribution is -0.142. The van der Waals surface area contributed by atoms with Crippen LogP contribution in [-0.4, -0.2) is 41.1 Å². The number of carbonyl (C=O) groups is 2. The zero-order chi connectivity index (χ0) is 14.8. The van der Waals surface area contributed by atoms with Gasteiger partial charge in [0.25, 0.3) is 0 Å². The van der Waals surface area contributed by atoms with Gasteiger partial charge in [0.1, 0.15) is 0 Å². The van der Waals surface area contributed by atoms with Crippen molar-refractivity contribution in [3.63, 3.8) is 0 Å². The Morgan fingerprint density at radius 3 is 2.55 bits per heavy atom. The summed E-state index contributed by atoms with van der Waals surface area (Å²) in [4.78, 5) is 25.3. The van der Waals surface area contributed by atoms with E-state index in [-0.39, 0.29) is 17.5 Å². The highest BCUT2D eigenvalue weighted by atomic mass is 16.4. The first-order valence-electron chi connectivity index (χ1n) is 7.79. The Kier molecular flexibility index (Phi) is 4.55. The molecule has 0 aromatic rings. The van der Waals surface area contributed by atoms with E-state index in [4.69, 9.17) is 5.11 Å². The van der Waals surface area contributed by atoms with Gasteiger partial charge in [-0.15, -0.1) is 0 Å². The van der Waals surface area contributed by atoms with Gasteiger partial charge >= 0.3 is 12.0 Å². The third-order valence-corrected chi connectivity index (χ3v) is 5.37. The van der Waals surface area contributed by atoms with Crippen molar-refractivity contribution in [3.8, 4) is 0 Å². The maximum atomic E-state index is 12.3. The van der Waals surface area contributed by atoms with Crippen molar-refractivity contribution in [1.29, 1.82) is 0 Å². The molecule has 0 bridgehead atoms. The molecule has 2 rings (SSSR count). The van der Waals surface area contributed by atoms with E-state index in [9.17, 15) is 9.59 Å². The molecule has 1 saturated heterocycles. The van der Waals surface area contributed by atoms with Crippen LogP contribution in [0, 0.1) is 11.3 Å². The van der Waals surface area contributed by atoms with Crippen molar-refractivity contribution < 1.29 is 14.7 Å². The average Bonchev–Trinajstić information content (AvgIpc) is 3.05. The highest BCUT2D eigenvalue weighted by Crippen LogP contribution is 2.37. The van der Waals surface area contributed by atoms with Crippen molar-refractivity contribution >= 4 is 12.0 Å². The van der Waals surface area contributed by atoms with Crippen LogP contribution in [0.2, 0.25) is 0 Å². The molecule has 1 aliphatic heterocycles. The third-order valence-electron chi connectivity index (χ3n) is 5.37. The number of nitrogens with zero attached hydrogens (tertiary/aromatic N) is 1. The minimum absolute atomic E-state index is 0.0769. The molecule has 1 aliphatic carbocycles. The van der Waals surface area contributed by atoms with Crippen molar-refractivity contribution in [2.75, 3.05) is 13.1 Å². The fourth-order valence-corrected chi connectivity index (χ4v) is 3.61. The lowest BCUT2D eigenvalue weighted by atomic mass is 9.82. The second-order valence-electron chi connectivity index (χ2n) is 6.31. The lowest BCUT2D eigenvalue weighted by Gasteiger charge is -2.27. The molecular formula is C15H26N2O3. The third kappa shape index (κ3) is 2.91. The number of hydrogen-bond donors (Lipinski definition) is 2. The largest absolute Gasteiger partial charge is 0.481 e. The number of hydrogen-bond acceptors (Lipinski definition) is 2. The molecule has 2 aliphatic rings. The zero-order valence-electron chi connectivity index (χ0n) is 12.5. The van der Waals surface area contributed by atoms with Crippen molar-refractivity contribution in [2.24, 2.45) is 11.3 Å². The summed E-state index contributed by atoms with van der Waals surface area (Å²) in [6.45, 7) is 5.96. The summed E-state index contributed by atoms with van der Waals surface area (Å²) in [6.07, 6.45) is 5.58. The molecule has 5 nitrogen and oxygen atoms in total. The number of carbonyl (C=O) groups excluding carboxylic acids is 1. The summed E-state index contributed by atoms with van der Waals surface area (Å²) >= 11 is 0. The van der Waals surface area contributed by atoms with Crippen LogP contribution in [-0.2, 0) is 4.79 Å². The normalized spacial score (nSPS) is 28.6. The SMILES string of the molecule is CCC1(CC)CCN(C(=O)NC2CCCC2C(=O)O)C1. The van der Waals surface area contributed by atoms with Crippen molar-refractivity contribution in [3.05, 3.63) is 0 Å². The van der Waals surface area contributed by atoms with Gasteiger partial charge in [0.05, 0.1) is 5.92 Å². The van der Waals surface area contributed by atoms with Gasteiger partial charge in [-0.2, -0.15) is 0 Å². The minimum Gasteiger partial charge on any atom is -0.481 e. The van der Waals surface area contributed by atoms with Crippen LogP contribution < -0.4 is 5.32 Å². The number of amides is 2. The van der Waals surface area contributed by atoms with E-state index in [1.807, 2.05) is 4.90 Å². The van der Waals surface area contributed by atoms with Crippen LogP contribution in [0.15, 0.2) is 0 Å². The lowest BCUT2D eigenvalue weighted by Crippen LogP contribution is -2.47. The standard InChI is InChI=1S/C15H26N2O3/c1-3-15(4-2)8-9-17(10-15)14(20)16-12-7-5-6-11(12)13(18)19/h11-12H,3-10H2,1-2H3,(H,16,20)(H,18,19). The quantitative estimate of drug-likeness (QED) is 0.832. The van der Waals surface area contributed by atoms with Crippen LogP contribution in [0.3, 0.4) is 0 Å². The van der Waals surface area contributed by atoms with Gasteiger partial charge in [0.2, 0.25) is 0 Å². The average molecular weight is 282 g/mol. The number of nitrogens with one attached hydrogen (secondary N) is 1. The molecular weight excluding hydrogens is 256 g/mol. The molecule has 0 spiro atoms. The molecule has 20 heavy (non-hydrogen) atoms. The first kappa shape index (κ1) is 15.1. The molecule has 5 heteroatoms. The van der Waals surface area contributed by atoms with Crippen molar-refractivity contribution in [2.45, 2.75) is 58.4 Å². The molecule has 2 amide bonds. The number of urea groups is 1. The number of rotatable bonds is 4. The monoisotopic (exact) mass is 282 g/mol. The highest BCUT2D eigenvalue weighted by molar-refractivity contribution is 5.77. The summed E-state index contributed by atoms with van der Waals surface area (Å²) in [5.74, 6) is -1.20. The molecule has 2 N–H and O–H groups in total. The fourth-order valence-electron chi connectivity index (χ4n) is 3.61. The van der Waals surface area contributed by atoms with Crippen molar-refractivity contribution in [1.82, 2.24) is 10.2 Å². The van der Waals surface area contributed by atoms with E-state index in [2.05, 4.69) is 19.2 Å². The molecule has 1 saturated carbocycles. The van der Waals surface area contributed by atoms with Crippen LogP contribution in [0.5, 0.6) is 0 Å². The fraction of sp³-hybridized carbons (Fsp3) is 0.867. The number of carboxylic acids is 1. The van der Waals surface area contributed by atoms with E-state index in [1.165, 1.54) is 0 Å². The predicted molar refractivity (Wildman–Crippen MR) is 76.5 cm³/mol. The van der Waals surface area contributed by atoms with Gasteiger partial charge in [-0.3, -0.25) is 4.79 Å².